The van der Waals surface area contributed by atoms with Gasteiger partial charge in [0.2, 0.25) is 0 Å². The molecule has 0 rings (SSSR count). The fraction of sp³-hybridized carbons (Fsp3) is 0.714. The van der Waals surface area contributed by atoms with E-state index >= 15 is 0 Å². The summed E-state index contributed by atoms with van der Waals surface area (Å²) in [5.41, 5.74) is 0. The number of carbonyl (C=O) groups is 2. The third kappa shape index (κ3) is 7.87. The smallest absolute Gasteiger partial charge is 0.317 e. The Bertz CT molecular complexity index is 147. The number of carboxylic acids is 2. The number of rotatable bonds is 5. The monoisotopic (exact) mass is 232 g/mol. The van der Waals surface area contributed by atoms with Gasteiger partial charge in [0.05, 0.1) is 0 Å². The molecule has 0 heterocycles. The molecule has 0 aromatic heterocycles. The predicted molar refractivity (Wildman–Crippen MR) is 52.8 cm³/mol. The van der Waals surface area contributed by atoms with Gasteiger partial charge in [-0.25, -0.2) is 0 Å². The number of carboxylic acid groups (broad SMARTS) is 2. The van der Waals surface area contributed by atoms with Crippen LogP contribution in [0.3, 0.4) is 0 Å². The molecule has 6 heteroatoms. The summed E-state index contributed by atoms with van der Waals surface area (Å²) in [4.78, 5) is 20.5. The summed E-state index contributed by atoms with van der Waals surface area (Å²) in [6.45, 7) is 1.89. The minimum absolute atomic E-state index is 0. The summed E-state index contributed by atoms with van der Waals surface area (Å²) in [6, 6.07) is 0. The summed E-state index contributed by atoms with van der Waals surface area (Å²) < 4.78 is 0. The van der Waals surface area contributed by atoms with Crippen molar-refractivity contribution >= 4 is 36.8 Å². The highest BCUT2D eigenvalue weighted by molar-refractivity contribution is 5.92. The minimum Gasteiger partial charge on any atom is -0.481 e. The van der Waals surface area contributed by atoms with E-state index in [1.807, 2.05) is 6.92 Å². The zero-order valence-electron chi connectivity index (χ0n) is 7.23. The van der Waals surface area contributed by atoms with Crippen molar-refractivity contribution in [1.82, 2.24) is 0 Å². The number of aliphatic carboxylic acids is 2. The molecule has 0 amide bonds. The molecular formula is C7H14Cl2O4. The number of hydrogen-bond acceptors (Lipinski definition) is 2. The summed E-state index contributed by atoms with van der Waals surface area (Å²) in [5.74, 6) is -3.72. The van der Waals surface area contributed by atoms with Crippen molar-refractivity contribution in [2.24, 2.45) is 5.92 Å². The SMILES string of the molecule is CCCCC(C(=O)O)C(=O)O.Cl.Cl. The summed E-state index contributed by atoms with van der Waals surface area (Å²) in [7, 11) is 0. The van der Waals surface area contributed by atoms with Crippen molar-refractivity contribution in [2.75, 3.05) is 0 Å². The van der Waals surface area contributed by atoms with Gasteiger partial charge in [-0.05, 0) is 6.42 Å². The zero-order valence-corrected chi connectivity index (χ0v) is 8.86. The second-order valence-corrected chi connectivity index (χ2v) is 2.37. The van der Waals surface area contributed by atoms with Gasteiger partial charge < -0.3 is 10.2 Å². The largest absolute Gasteiger partial charge is 0.481 e. The van der Waals surface area contributed by atoms with E-state index in [-0.39, 0.29) is 31.2 Å². The molecule has 0 atom stereocenters. The molecule has 0 saturated heterocycles. The molecule has 2 N–H and O–H groups in total. The van der Waals surface area contributed by atoms with Crippen LogP contribution < -0.4 is 0 Å². The Labute approximate surface area is 89.1 Å². The number of hydrogen-bond donors (Lipinski definition) is 2. The molecule has 0 aromatic carbocycles. The van der Waals surface area contributed by atoms with E-state index in [4.69, 9.17) is 10.2 Å². The average molecular weight is 233 g/mol. The molecule has 0 aliphatic heterocycles. The Hall–Kier alpha value is -0.480. The Kier molecular flexibility index (Phi) is 13.5. The topological polar surface area (TPSA) is 74.6 Å². The van der Waals surface area contributed by atoms with E-state index in [0.717, 1.165) is 6.42 Å². The zero-order chi connectivity index (χ0) is 8.85. The lowest BCUT2D eigenvalue weighted by Gasteiger charge is -2.04. The van der Waals surface area contributed by atoms with Crippen molar-refractivity contribution in [2.45, 2.75) is 26.2 Å². The van der Waals surface area contributed by atoms with E-state index in [1.54, 1.807) is 0 Å². The highest BCUT2D eigenvalue weighted by atomic mass is 35.5. The van der Waals surface area contributed by atoms with Crippen molar-refractivity contribution < 1.29 is 19.8 Å². The van der Waals surface area contributed by atoms with Crippen molar-refractivity contribution in [3.05, 3.63) is 0 Å². The van der Waals surface area contributed by atoms with Gasteiger partial charge in [-0.1, -0.05) is 19.8 Å². The minimum atomic E-state index is -1.24. The van der Waals surface area contributed by atoms with E-state index in [9.17, 15) is 9.59 Å². The quantitative estimate of drug-likeness (QED) is 0.710. The first kappa shape index (κ1) is 18.3. The van der Waals surface area contributed by atoms with Gasteiger partial charge >= 0.3 is 11.9 Å². The van der Waals surface area contributed by atoms with Crippen molar-refractivity contribution in [3.63, 3.8) is 0 Å². The molecule has 0 aromatic rings. The van der Waals surface area contributed by atoms with Gasteiger partial charge in [0.1, 0.15) is 0 Å². The Morgan fingerprint density at radius 2 is 1.54 bits per heavy atom. The van der Waals surface area contributed by atoms with Crippen molar-refractivity contribution in [3.8, 4) is 0 Å². The highest BCUT2D eigenvalue weighted by Gasteiger charge is 2.24. The average Bonchev–Trinajstić information content (AvgIpc) is 1.87. The predicted octanol–water partition coefficient (Wildman–Crippen LogP) is 1.81. The number of halogens is 2. The van der Waals surface area contributed by atoms with E-state index in [2.05, 4.69) is 0 Å². The molecule has 0 aliphatic carbocycles. The van der Waals surface area contributed by atoms with Gasteiger partial charge in [0.25, 0.3) is 0 Å². The van der Waals surface area contributed by atoms with Crippen LogP contribution in [0.25, 0.3) is 0 Å². The number of unbranched alkanes of at least 4 members (excludes halogenated alkanes) is 1. The fourth-order valence-corrected chi connectivity index (χ4v) is 0.761. The maximum Gasteiger partial charge on any atom is 0.317 e. The van der Waals surface area contributed by atoms with Crippen LogP contribution in [0, 0.1) is 5.92 Å². The first-order chi connectivity index (χ1) is 5.09. The third-order valence-electron chi connectivity index (χ3n) is 1.44. The normalized spacial score (nSPS) is 8.46. The molecule has 0 aliphatic rings. The molecule has 0 fully saturated rings. The first-order valence-corrected chi connectivity index (χ1v) is 3.55. The lowest BCUT2D eigenvalue weighted by Crippen LogP contribution is -2.22. The van der Waals surface area contributed by atoms with Gasteiger partial charge in [-0.2, -0.15) is 0 Å². The molecule has 0 spiro atoms. The maximum absolute atomic E-state index is 10.3. The van der Waals surface area contributed by atoms with E-state index < -0.39 is 17.9 Å². The first-order valence-electron chi connectivity index (χ1n) is 3.55. The van der Waals surface area contributed by atoms with E-state index in [0.29, 0.717) is 6.42 Å². The Balaban J connectivity index is -0.000000500. The molecule has 0 saturated carbocycles. The molecule has 4 nitrogen and oxygen atoms in total. The Morgan fingerprint density at radius 1 is 1.15 bits per heavy atom. The second kappa shape index (κ2) is 9.61. The third-order valence-corrected chi connectivity index (χ3v) is 1.44. The van der Waals surface area contributed by atoms with Crippen LogP contribution in [-0.2, 0) is 9.59 Å². The fourth-order valence-electron chi connectivity index (χ4n) is 0.761. The summed E-state index contributed by atoms with van der Waals surface area (Å²) in [5, 5.41) is 16.8. The van der Waals surface area contributed by atoms with Crippen LogP contribution in [0.2, 0.25) is 0 Å². The lowest BCUT2D eigenvalue weighted by molar-refractivity contribution is -0.154. The van der Waals surface area contributed by atoms with Crippen LogP contribution in [0.1, 0.15) is 26.2 Å². The van der Waals surface area contributed by atoms with Crippen LogP contribution >= 0.6 is 24.8 Å². The maximum atomic E-state index is 10.3. The molecule has 80 valence electrons. The van der Waals surface area contributed by atoms with Crippen LogP contribution in [0.4, 0.5) is 0 Å². The standard InChI is InChI=1S/C7H12O4.2ClH/c1-2-3-4-5(6(8)9)7(10)11;;/h5H,2-4H2,1H3,(H,8,9)(H,10,11);2*1H. The van der Waals surface area contributed by atoms with Gasteiger partial charge in [-0.3, -0.25) is 9.59 Å². The summed E-state index contributed by atoms with van der Waals surface area (Å²) >= 11 is 0. The van der Waals surface area contributed by atoms with Crippen LogP contribution in [0.5, 0.6) is 0 Å². The van der Waals surface area contributed by atoms with E-state index in [1.165, 1.54) is 0 Å². The highest BCUT2D eigenvalue weighted by Crippen LogP contribution is 2.08. The van der Waals surface area contributed by atoms with Gasteiger partial charge in [0.15, 0.2) is 5.92 Å². The van der Waals surface area contributed by atoms with Gasteiger partial charge in [0, 0.05) is 0 Å². The molecule has 0 unspecified atom stereocenters. The molecule has 13 heavy (non-hydrogen) atoms. The molecule has 0 radical (unpaired) electrons. The van der Waals surface area contributed by atoms with Crippen molar-refractivity contribution in [1.29, 1.82) is 0 Å². The summed E-state index contributed by atoms with van der Waals surface area (Å²) in [6.07, 6.45) is 1.68. The Morgan fingerprint density at radius 3 is 1.77 bits per heavy atom. The van der Waals surface area contributed by atoms with Crippen LogP contribution in [-0.4, -0.2) is 22.2 Å². The van der Waals surface area contributed by atoms with Crippen LogP contribution in [0.15, 0.2) is 0 Å². The van der Waals surface area contributed by atoms with Gasteiger partial charge in [-0.15, -0.1) is 24.8 Å². The molecular weight excluding hydrogens is 219 g/mol. The second-order valence-electron chi connectivity index (χ2n) is 2.37. The molecule has 0 bridgehead atoms. The lowest BCUT2D eigenvalue weighted by atomic mass is 10.0.